The third kappa shape index (κ3) is 3.43. The molecular formula is C17H21ClN2O2. The smallest absolute Gasteiger partial charge is 0.227 e. The molecule has 1 aliphatic heterocycles. The Balaban J connectivity index is 1.49. The molecule has 0 radical (unpaired) electrons. The molecule has 1 N–H and O–H groups in total. The molecule has 1 saturated heterocycles. The van der Waals surface area contributed by atoms with E-state index in [1.54, 1.807) is 24.3 Å². The van der Waals surface area contributed by atoms with E-state index in [4.69, 9.17) is 11.6 Å². The largest absolute Gasteiger partial charge is 0.342 e. The summed E-state index contributed by atoms with van der Waals surface area (Å²) in [5.41, 5.74) is 0.766. The van der Waals surface area contributed by atoms with Gasteiger partial charge in [0, 0.05) is 35.6 Å². The molecule has 2 aliphatic rings. The molecule has 22 heavy (non-hydrogen) atoms. The monoisotopic (exact) mass is 320 g/mol. The van der Waals surface area contributed by atoms with E-state index < -0.39 is 0 Å². The van der Waals surface area contributed by atoms with Crippen molar-refractivity contribution in [1.82, 2.24) is 4.90 Å². The molecule has 1 aromatic carbocycles. The average Bonchev–Trinajstić information content (AvgIpc) is 2.48. The summed E-state index contributed by atoms with van der Waals surface area (Å²) in [6, 6.07) is 7.12. The molecule has 1 heterocycles. The summed E-state index contributed by atoms with van der Waals surface area (Å²) in [6.45, 7) is 1.40. The Morgan fingerprint density at radius 2 is 1.64 bits per heavy atom. The van der Waals surface area contributed by atoms with Crippen LogP contribution in [0.25, 0.3) is 0 Å². The summed E-state index contributed by atoms with van der Waals surface area (Å²) < 4.78 is 0. The van der Waals surface area contributed by atoms with E-state index in [-0.39, 0.29) is 17.7 Å². The number of hydrogen-bond acceptors (Lipinski definition) is 2. The highest BCUT2D eigenvalue weighted by atomic mass is 35.5. The van der Waals surface area contributed by atoms with Gasteiger partial charge in [-0.15, -0.1) is 0 Å². The molecule has 118 valence electrons. The SMILES string of the molecule is O=C(Nc1ccc(Cl)cc1)C1CCN(C(=O)C2CCC2)CC1. The second-order valence-electron chi connectivity index (χ2n) is 6.22. The first-order valence-electron chi connectivity index (χ1n) is 7.99. The van der Waals surface area contributed by atoms with Crippen LogP contribution in [0.1, 0.15) is 32.1 Å². The van der Waals surface area contributed by atoms with Crippen molar-refractivity contribution < 1.29 is 9.59 Å². The fourth-order valence-corrected chi connectivity index (χ4v) is 3.18. The molecule has 0 spiro atoms. The molecule has 1 saturated carbocycles. The van der Waals surface area contributed by atoms with Crippen LogP contribution in [-0.4, -0.2) is 29.8 Å². The summed E-state index contributed by atoms with van der Waals surface area (Å²) in [7, 11) is 0. The third-order valence-corrected chi connectivity index (χ3v) is 5.00. The van der Waals surface area contributed by atoms with Gasteiger partial charge >= 0.3 is 0 Å². The lowest BCUT2D eigenvalue weighted by molar-refractivity contribution is -0.140. The minimum Gasteiger partial charge on any atom is -0.342 e. The van der Waals surface area contributed by atoms with E-state index in [0.29, 0.717) is 24.0 Å². The number of likely N-dealkylation sites (tertiary alicyclic amines) is 1. The van der Waals surface area contributed by atoms with Gasteiger partial charge in [-0.25, -0.2) is 0 Å². The topological polar surface area (TPSA) is 49.4 Å². The zero-order valence-electron chi connectivity index (χ0n) is 12.6. The fourth-order valence-electron chi connectivity index (χ4n) is 3.05. The number of nitrogens with one attached hydrogen (secondary N) is 1. The summed E-state index contributed by atoms with van der Waals surface area (Å²) >= 11 is 5.83. The van der Waals surface area contributed by atoms with Crippen LogP contribution in [0.5, 0.6) is 0 Å². The number of anilines is 1. The van der Waals surface area contributed by atoms with Crippen LogP contribution in [0, 0.1) is 11.8 Å². The first-order valence-corrected chi connectivity index (χ1v) is 8.36. The lowest BCUT2D eigenvalue weighted by atomic mass is 9.83. The molecule has 0 atom stereocenters. The molecule has 1 aromatic rings. The number of halogens is 1. The first-order chi connectivity index (χ1) is 10.6. The highest BCUT2D eigenvalue weighted by Crippen LogP contribution is 2.30. The maximum atomic E-state index is 12.3. The highest BCUT2D eigenvalue weighted by Gasteiger charge is 2.33. The fraction of sp³-hybridized carbons (Fsp3) is 0.529. The molecule has 0 bridgehead atoms. The minimum atomic E-state index is -0.0129. The number of piperidine rings is 1. The zero-order valence-corrected chi connectivity index (χ0v) is 13.3. The lowest BCUT2D eigenvalue weighted by Crippen LogP contribution is -2.45. The summed E-state index contributed by atoms with van der Waals surface area (Å²) in [5, 5.41) is 3.58. The molecule has 0 aromatic heterocycles. The minimum absolute atomic E-state index is 0.0129. The van der Waals surface area contributed by atoms with Gasteiger partial charge in [0.05, 0.1) is 0 Å². The van der Waals surface area contributed by atoms with E-state index in [0.717, 1.165) is 31.4 Å². The molecule has 3 rings (SSSR count). The Hall–Kier alpha value is -1.55. The van der Waals surface area contributed by atoms with Crippen molar-refractivity contribution in [2.75, 3.05) is 18.4 Å². The van der Waals surface area contributed by atoms with Crippen molar-refractivity contribution in [2.24, 2.45) is 11.8 Å². The second-order valence-corrected chi connectivity index (χ2v) is 6.66. The Kier molecular flexibility index (Phi) is 4.67. The molecular weight excluding hydrogens is 300 g/mol. The van der Waals surface area contributed by atoms with Gasteiger partial charge in [0.1, 0.15) is 0 Å². The molecule has 0 unspecified atom stereocenters. The van der Waals surface area contributed by atoms with E-state index >= 15 is 0 Å². The number of carbonyl (C=O) groups is 2. The third-order valence-electron chi connectivity index (χ3n) is 4.74. The van der Waals surface area contributed by atoms with Crippen molar-refractivity contribution in [3.8, 4) is 0 Å². The maximum Gasteiger partial charge on any atom is 0.227 e. The molecule has 5 heteroatoms. The van der Waals surface area contributed by atoms with Gasteiger partial charge in [-0.1, -0.05) is 18.0 Å². The summed E-state index contributed by atoms with van der Waals surface area (Å²) in [5.74, 6) is 0.571. The van der Waals surface area contributed by atoms with Crippen LogP contribution < -0.4 is 5.32 Å². The Morgan fingerprint density at radius 1 is 1.00 bits per heavy atom. The van der Waals surface area contributed by atoms with Crippen molar-refractivity contribution in [1.29, 1.82) is 0 Å². The summed E-state index contributed by atoms with van der Waals surface area (Å²) in [4.78, 5) is 26.4. The van der Waals surface area contributed by atoms with Gasteiger partial charge in [0.25, 0.3) is 0 Å². The predicted molar refractivity (Wildman–Crippen MR) is 86.7 cm³/mol. The number of rotatable bonds is 3. The van der Waals surface area contributed by atoms with Crippen LogP contribution >= 0.6 is 11.6 Å². The number of carbonyl (C=O) groups excluding carboxylic acids is 2. The van der Waals surface area contributed by atoms with E-state index in [1.807, 2.05) is 4.90 Å². The van der Waals surface area contributed by atoms with Gasteiger partial charge < -0.3 is 10.2 Å². The molecule has 1 aliphatic carbocycles. The molecule has 2 fully saturated rings. The van der Waals surface area contributed by atoms with Crippen molar-refractivity contribution in [2.45, 2.75) is 32.1 Å². The van der Waals surface area contributed by atoms with Gasteiger partial charge in [-0.2, -0.15) is 0 Å². The van der Waals surface area contributed by atoms with Crippen LogP contribution in [0.15, 0.2) is 24.3 Å². The van der Waals surface area contributed by atoms with Gasteiger partial charge in [0.2, 0.25) is 11.8 Å². The Labute approximate surface area is 135 Å². The number of hydrogen-bond donors (Lipinski definition) is 1. The number of benzene rings is 1. The lowest BCUT2D eigenvalue weighted by Gasteiger charge is -2.36. The first kappa shape index (κ1) is 15.3. The van der Waals surface area contributed by atoms with Crippen molar-refractivity contribution in [3.05, 3.63) is 29.3 Å². The standard InChI is InChI=1S/C17H21ClN2O2/c18-14-4-6-15(7-5-14)19-16(21)12-8-10-20(11-9-12)17(22)13-2-1-3-13/h4-7,12-13H,1-3,8-11H2,(H,19,21). The quantitative estimate of drug-likeness (QED) is 0.928. The van der Waals surface area contributed by atoms with Crippen LogP contribution in [0.3, 0.4) is 0 Å². The second kappa shape index (κ2) is 6.69. The van der Waals surface area contributed by atoms with Gasteiger partial charge in [-0.3, -0.25) is 9.59 Å². The number of nitrogens with zero attached hydrogens (tertiary/aromatic N) is 1. The molecule has 2 amide bonds. The van der Waals surface area contributed by atoms with E-state index in [1.165, 1.54) is 6.42 Å². The maximum absolute atomic E-state index is 12.3. The zero-order chi connectivity index (χ0) is 15.5. The van der Waals surface area contributed by atoms with E-state index in [2.05, 4.69) is 5.32 Å². The normalized spacial score (nSPS) is 19.6. The van der Waals surface area contributed by atoms with Gasteiger partial charge in [0.15, 0.2) is 0 Å². The Bertz CT molecular complexity index is 546. The van der Waals surface area contributed by atoms with Crippen molar-refractivity contribution >= 4 is 29.1 Å². The molecule has 4 nitrogen and oxygen atoms in total. The average molecular weight is 321 g/mol. The van der Waals surface area contributed by atoms with Gasteiger partial charge in [-0.05, 0) is 49.9 Å². The van der Waals surface area contributed by atoms with E-state index in [9.17, 15) is 9.59 Å². The van der Waals surface area contributed by atoms with Crippen LogP contribution in [0.4, 0.5) is 5.69 Å². The Morgan fingerprint density at radius 3 is 2.18 bits per heavy atom. The predicted octanol–water partition coefficient (Wildman–Crippen LogP) is 3.32. The van der Waals surface area contributed by atoms with Crippen molar-refractivity contribution in [3.63, 3.8) is 0 Å². The van der Waals surface area contributed by atoms with Crippen LogP contribution in [-0.2, 0) is 9.59 Å². The highest BCUT2D eigenvalue weighted by molar-refractivity contribution is 6.30. The van der Waals surface area contributed by atoms with Crippen LogP contribution in [0.2, 0.25) is 5.02 Å². The number of amides is 2. The summed E-state index contributed by atoms with van der Waals surface area (Å²) in [6.07, 6.45) is 4.75.